The van der Waals surface area contributed by atoms with Crippen LogP contribution in [0.3, 0.4) is 0 Å². The van der Waals surface area contributed by atoms with Crippen molar-refractivity contribution in [1.82, 2.24) is 0 Å². The number of rotatable bonds is 12. The first-order valence-electron chi connectivity index (χ1n) is 11.9. The van der Waals surface area contributed by atoms with Gasteiger partial charge < -0.3 is 29.6 Å². The molecule has 0 aliphatic heterocycles. The molecule has 3 aromatic carbocycles. The lowest BCUT2D eigenvalue weighted by Gasteiger charge is -2.13. The van der Waals surface area contributed by atoms with Gasteiger partial charge in [-0.2, -0.15) is 5.26 Å². The van der Waals surface area contributed by atoms with Crippen LogP contribution in [0.5, 0.6) is 23.0 Å². The highest BCUT2D eigenvalue weighted by Gasteiger charge is 2.13. The molecule has 0 saturated heterocycles. The Morgan fingerprint density at radius 2 is 1.45 bits per heavy atom. The summed E-state index contributed by atoms with van der Waals surface area (Å²) in [4.78, 5) is 25.0. The van der Waals surface area contributed by atoms with Gasteiger partial charge in [-0.3, -0.25) is 9.59 Å². The van der Waals surface area contributed by atoms with Crippen LogP contribution in [-0.2, 0) is 9.59 Å². The normalized spacial score (nSPS) is 10.6. The summed E-state index contributed by atoms with van der Waals surface area (Å²) in [5.74, 6) is 1.20. The van der Waals surface area contributed by atoms with Crippen molar-refractivity contribution >= 4 is 29.3 Å². The molecule has 196 valence electrons. The number of carbonyl (C=O) groups excluding carboxylic acids is 2. The highest BCUT2D eigenvalue weighted by atomic mass is 16.5. The number of hydrogen-bond donors (Lipinski definition) is 2. The maximum atomic E-state index is 12.7. The highest BCUT2D eigenvalue weighted by Crippen LogP contribution is 2.29. The van der Waals surface area contributed by atoms with Crippen LogP contribution in [-0.4, -0.2) is 38.7 Å². The zero-order valence-corrected chi connectivity index (χ0v) is 21.4. The van der Waals surface area contributed by atoms with E-state index in [1.54, 1.807) is 73.8 Å². The molecule has 0 aliphatic rings. The van der Waals surface area contributed by atoms with Crippen molar-refractivity contribution in [3.63, 3.8) is 0 Å². The van der Waals surface area contributed by atoms with Gasteiger partial charge >= 0.3 is 0 Å². The second-order valence-corrected chi connectivity index (χ2v) is 7.79. The first kappa shape index (κ1) is 27.6. The Kier molecular flexibility index (Phi) is 10.1. The van der Waals surface area contributed by atoms with Crippen molar-refractivity contribution in [2.45, 2.75) is 13.8 Å². The van der Waals surface area contributed by atoms with Gasteiger partial charge in [-0.1, -0.05) is 6.07 Å². The van der Waals surface area contributed by atoms with Crippen molar-refractivity contribution in [3.05, 3.63) is 77.9 Å². The summed E-state index contributed by atoms with van der Waals surface area (Å²) in [5, 5.41) is 15.0. The highest BCUT2D eigenvalue weighted by molar-refractivity contribution is 6.09. The smallest absolute Gasteiger partial charge is 0.266 e. The third-order valence-electron chi connectivity index (χ3n) is 5.10. The first-order chi connectivity index (χ1) is 18.4. The number of nitrogens with one attached hydrogen (secondary N) is 2. The molecule has 0 bridgehead atoms. The minimum absolute atomic E-state index is 0.0890. The van der Waals surface area contributed by atoms with Crippen LogP contribution >= 0.6 is 0 Å². The summed E-state index contributed by atoms with van der Waals surface area (Å²) in [7, 11) is 1.57. The summed E-state index contributed by atoms with van der Waals surface area (Å²) in [5.41, 5.74) is 1.61. The van der Waals surface area contributed by atoms with Crippen molar-refractivity contribution < 1.29 is 28.5 Å². The fourth-order valence-corrected chi connectivity index (χ4v) is 3.33. The topological polar surface area (TPSA) is 119 Å². The third-order valence-corrected chi connectivity index (χ3v) is 5.10. The van der Waals surface area contributed by atoms with Crippen LogP contribution in [0.25, 0.3) is 6.08 Å². The van der Waals surface area contributed by atoms with Crippen molar-refractivity contribution in [3.8, 4) is 29.1 Å². The largest absolute Gasteiger partial charge is 0.497 e. The van der Waals surface area contributed by atoms with Crippen LogP contribution < -0.4 is 29.6 Å². The maximum absolute atomic E-state index is 12.7. The second kappa shape index (κ2) is 13.9. The molecular formula is C29H29N3O6. The van der Waals surface area contributed by atoms with E-state index in [1.807, 2.05) is 19.9 Å². The molecule has 3 aromatic rings. The Morgan fingerprint density at radius 1 is 0.816 bits per heavy atom. The van der Waals surface area contributed by atoms with E-state index in [9.17, 15) is 14.9 Å². The maximum Gasteiger partial charge on any atom is 0.266 e. The van der Waals surface area contributed by atoms with E-state index in [4.69, 9.17) is 18.9 Å². The molecule has 0 aliphatic carbocycles. The monoisotopic (exact) mass is 515 g/mol. The van der Waals surface area contributed by atoms with Crippen LogP contribution in [0, 0.1) is 11.3 Å². The van der Waals surface area contributed by atoms with Crippen molar-refractivity contribution in [2.75, 3.05) is 37.6 Å². The predicted octanol–water partition coefficient (Wildman–Crippen LogP) is 5.06. The molecule has 0 aromatic heterocycles. The van der Waals surface area contributed by atoms with Crippen LogP contribution in [0.4, 0.5) is 11.4 Å². The summed E-state index contributed by atoms with van der Waals surface area (Å²) in [6, 6.07) is 20.7. The van der Waals surface area contributed by atoms with Crippen LogP contribution in [0.15, 0.2) is 72.3 Å². The SMILES string of the molecule is CCOc1ccc(NC(=O)/C(C#N)=C/c2ccc(OCC(=O)Nc3ccc(OC)cc3)c(OCC)c2)cc1. The zero-order valence-electron chi connectivity index (χ0n) is 21.4. The van der Waals surface area contributed by atoms with Gasteiger partial charge in [0.15, 0.2) is 18.1 Å². The number of ether oxygens (including phenoxy) is 4. The quantitative estimate of drug-likeness (QED) is 0.256. The van der Waals surface area contributed by atoms with E-state index in [2.05, 4.69) is 10.6 Å². The minimum Gasteiger partial charge on any atom is -0.497 e. The second-order valence-electron chi connectivity index (χ2n) is 7.79. The van der Waals surface area contributed by atoms with E-state index < -0.39 is 5.91 Å². The van der Waals surface area contributed by atoms with Crippen LogP contribution in [0.1, 0.15) is 19.4 Å². The van der Waals surface area contributed by atoms with E-state index in [0.29, 0.717) is 53.2 Å². The Bertz CT molecular complexity index is 1310. The fourth-order valence-electron chi connectivity index (χ4n) is 3.33. The van der Waals surface area contributed by atoms with E-state index in [-0.39, 0.29) is 18.1 Å². The van der Waals surface area contributed by atoms with Crippen molar-refractivity contribution in [2.24, 2.45) is 0 Å². The molecule has 3 rings (SSSR count). The van der Waals surface area contributed by atoms with Gasteiger partial charge in [-0.15, -0.1) is 0 Å². The van der Waals surface area contributed by atoms with Gasteiger partial charge in [0.25, 0.3) is 11.8 Å². The molecule has 38 heavy (non-hydrogen) atoms. The lowest BCUT2D eigenvalue weighted by Crippen LogP contribution is -2.20. The number of nitrogens with zero attached hydrogens (tertiary/aromatic N) is 1. The predicted molar refractivity (Wildman–Crippen MR) is 145 cm³/mol. The van der Waals surface area contributed by atoms with E-state index in [0.717, 1.165) is 0 Å². The molecule has 2 N–H and O–H groups in total. The number of methoxy groups -OCH3 is 1. The van der Waals surface area contributed by atoms with Crippen molar-refractivity contribution in [1.29, 1.82) is 5.26 Å². The van der Waals surface area contributed by atoms with Gasteiger partial charge in [0.2, 0.25) is 0 Å². The Hall–Kier alpha value is -4.97. The molecular weight excluding hydrogens is 486 g/mol. The average Bonchev–Trinajstić information content (AvgIpc) is 2.93. The Balaban J connectivity index is 1.67. The van der Waals surface area contributed by atoms with Gasteiger partial charge in [-0.25, -0.2) is 0 Å². The molecule has 9 nitrogen and oxygen atoms in total. The number of nitriles is 1. The van der Waals surface area contributed by atoms with E-state index in [1.165, 1.54) is 6.08 Å². The summed E-state index contributed by atoms with van der Waals surface area (Å²) < 4.78 is 21.8. The number of anilines is 2. The molecule has 0 atom stereocenters. The Morgan fingerprint density at radius 3 is 2.05 bits per heavy atom. The zero-order chi connectivity index (χ0) is 27.3. The lowest BCUT2D eigenvalue weighted by molar-refractivity contribution is -0.118. The molecule has 0 heterocycles. The number of amides is 2. The summed E-state index contributed by atoms with van der Waals surface area (Å²) >= 11 is 0. The van der Waals surface area contributed by atoms with Gasteiger partial charge in [0.1, 0.15) is 23.1 Å². The third kappa shape index (κ3) is 8.03. The number of carbonyl (C=O) groups is 2. The molecule has 0 unspecified atom stereocenters. The lowest BCUT2D eigenvalue weighted by atomic mass is 10.1. The standard InChI is InChI=1S/C29H29N3O6/c1-4-36-25-13-9-23(10-14-25)32-29(34)21(18-30)16-20-6-15-26(27(17-20)37-5-2)38-19-28(33)31-22-7-11-24(35-3)12-8-22/h6-17H,4-5,19H2,1-3H3,(H,31,33)(H,32,34)/b21-16+. The molecule has 0 saturated carbocycles. The molecule has 0 fully saturated rings. The number of benzene rings is 3. The van der Waals surface area contributed by atoms with Crippen LogP contribution in [0.2, 0.25) is 0 Å². The first-order valence-corrected chi connectivity index (χ1v) is 11.9. The fraction of sp³-hybridized carbons (Fsp3) is 0.207. The van der Waals surface area contributed by atoms with Gasteiger partial charge in [-0.05, 0) is 86.2 Å². The molecule has 0 spiro atoms. The number of hydrogen-bond acceptors (Lipinski definition) is 7. The molecule has 9 heteroatoms. The van der Waals surface area contributed by atoms with E-state index >= 15 is 0 Å². The molecule has 0 radical (unpaired) electrons. The minimum atomic E-state index is -0.551. The Labute approximate surface area is 221 Å². The average molecular weight is 516 g/mol. The molecule has 2 amide bonds. The summed E-state index contributed by atoms with van der Waals surface area (Å²) in [6.45, 7) is 4.35. The summed E-state index contributed by atoms with van der Waals surface area (Å²) in [6.07, 6.45) is 1.45. The van der Waals surface area contributed by atoms with Gasteiger partial charge in [0, 0.05) is 11.4 Å². The van der Waals surface area contributed by atoms with Gasteiger partial charge in [0.05, 0.1) is 20.3 Å².